The van der Waals surface area contributed by atoms with Gasteiger partial charge in [-0.1, -0.05) is 67.6 Å². The smallest absolute Gasteiger partial charge is 0.243 e. The zero-order valence-electron chi connectivity index (χ0n) is 22.6. The average Bonchev–Trinajstić information content (AvgIpc) is 2.91. The predicted octanol–water partition coefficient (Wildman–Crippen LogP) is 0.511. The van der Waals surface area contributed by atoms with Crippen molar-refractivity contribution in [1.29, 1.82) is 0 Å². The molecule has 0 heterocycles. The van der Waals surface area contributed by atoms with E-state index in [9.17, 15) is 14.4 Å². The molecule has 3 amide bonds. The lowest BCUT2D eigenvalue weighted by atomic mass is 9.94. The number of nitrogens with zero attached hydrogens (tertiary/aromatic N) is 2. The maximum absolute atomic E-state index is 13.7. The first kappa shape index (κ1) is 30.9. The van der Waals surface area contributed by atoms with Crippen molar-refractivity contribution in [2.45, 2.75) is 51.5 Å². The Bertz CT molecular complexity index is 1000. The monoisotopic (exact) mass is 525 g/mol. The van der Waals surface area contributed by atoms with Crippen molar-refractivity contribution in [3.8, 4) is 0 Å². The summed E-state index contributed by atoms with van der Waals surface area (Å²) < 4.78 is 0. The first-order valence-corrected chi connectivity index (χ1v) is 13.1. The molecule has 8 N–H and O–H groups in total. The molecule has 2 aromatic carbocycles. The van der Waals surface area contributed by atoms with Crippen molar-refractivity contribution in [2.75, 3.05) is 32.7 Å². The van der Waals surface area contributed by atoms with Gasteiger partial charge >= 0.3 is 0 Å². The lowest BCUT2D eigenvalue weighted by Gasteiger charge is -2.39. The van der Waals surface area contributed by atoms with Crippen LogP contribution in [0.3, 0.4) is 0 Å². The van der Waals surface area contributed by atoms with Crippen molar-refractivity contribution in [2.24, 2.45) is 17.2 Å². The second-order valence-electron chi connectivity index (χ2n) is 9.52. The van der Waals surface area contributed by atoms with Crippen LogP contribution < -0.4 is 27.8 Å². The standard InChI is InChI=1S/C28H43N7O3/c1-3-28(2,26(29)38)35(20-23-13-8-5-9-14-23)25(37)21-34(18-15-22-11-6-4-7-12-22)24(36)19-32-16-10-17-33-27(30)31/h4-9,11-14,27,32-33H,3,10,15-21,30-31H2,1-2H3,(H2,29,38)/t28-/m1/s1. The molecule has 1 atom stereocenters. The number of amides is 3. The predicted molar refractivity (Wildman–Crippen MR) is 149 cm³/mol. The Morgan fingerprint density at radius 1 is 0.921 bits per heavy atom. The lowest BCUT2D eigenvalue weighted by Crippen LogP contribution is -2.59. The fourth-order valence-corrected chi connectivity index (χ4v) is 4.04. The van der Waals surface area contributed by atoms with Crippen molar-refractivity contribution >= 4 is 17.7 Å². The minimum absolute atomic E-state index is 0.0797. The van der Waals surface area contributed by atoms with Crippen molar-refractivity contribution in [3.63, 3.8) is 0 Å². The highest BCUT2D eigenvalue weighted by molar-refractivity contribution is 5.92. The number of nitrogens with one attached hydrogen (secondary N) is 2. The molecule has 208 valence electrons. The summed E-state index contributed by atoms with van der Waals surface area (Å²) in [5, 5.41) is 6.04. The molecule has 0 aliphatic rings. The molecule has 0 unspecified atom stereocenters. The van der Waals surface area contributed by atoms with Crippen LogP contribution in [0.15, 0.2) is 60.7 Å². The Balaban J connectivity index is 2.17. The van der Waals surface area contributed by atoms with Crippen LogP contribution in [0.5, 0.6) is 0 Å². The van der Waals surface area contributed by atoms with Gasteiger partial charge in [0.25, 0.3) is 0 Å². The minimum atomic E-state index is -1.20. The first-order chi connectivity index (χ1) is 18.2. The van der Waals surface area contributed by atoms with Crippen molar-refractivity contribution in [3.05, 3.63) is 71.8 Å². The van der Waals surface area contributed by atoms with Crippen LogP contribution in [-0.4, -0.2) is 72.1 Å². The molecule has 2 rings (SSSR count). The van der Waals surface area contributed by atoms with Crippen molar-refractivity contribution in [1.82, 2.24) is 20.4 Å². The summed E-state index contributed by atoms with van der Waals surface area (Å²) in [7, 11) is 0. The second-order valence-corrected chi connectivity index (χ2v) is 9.52. The Morgan fingerprint density at radius 2 is 1.53 bits per heavy atom. The summed E-state index contributed by atoms with van der Waals surface area (Å²) in [6.45, 7) is 5.19. The molecule has 0 radical (unpaired) electrons. The summed E-state index contributed by atoms with van der Waals surface area (Å²) >= 11 is 0. The van der Waals surface area contributed by atoms with E-state index in [0.29, 0.717) is 32.5 Å². The van der Waals surface area contributed by atoms with Gasteiger partial charge in [0.15, 0.2) is 0 Å². The molecule has 0 aliphatic carbocycles. The molecule has 10 nitrogen and oxygen atoms in total. The van der Waals surface area contributed by atoms with Crippen LogP contribution in [0.2, 0.25) is 0 Å². The maximum Gasteiger partial charge on any atom is 0.243 e. The molecular formula is C28H43N7O3. The number of hydrogen-bond acceptors (Lipinski definition) is 7. The van der Waals surface area contributed by atoms with E-state index >= 15 is 0 Å². The van der Waals surface area contributed by atoms with Gasteiger partial charge in [-0.15, -0.1) is 0 Å². The van der Waals surface area contributed by atoms with Crippen LogP contribution in [0.1, 0.15) is 37.8 Å². The lowest BCUT2D eigenvalue weighted by molar-refractivity contribution is -0.149. The number of rotatable bonds is 17. The number of hydrogen-bond donors (Lipinski definition) is 5. The average molecular weight is 526 g/mol. The molecule has 38 heavy (non-hydrogen) atoms. The molecule has 0 aromatic heterocycles. The summed E-state index contributed by atoms with van der Waals surface area (Å²) in [4.78, 5) is 42.5. The van der Waals surface area contributed by atoms with E-state index in [-0.39, 0.29) is 31.4 Å². The minimum Gasteiger partial charge on any atom is -0.368 e. The van der Waals surface area contributed by atoms with E-state index in [0.717, 1.165) is 17.5 Å². The highest BCUT2D eigenvalue weighted by Crippen LogP contribution is 2.23. The molecule has 10 heteroatoms. The molecule has 0 bridgehead atoms. The quantitative estimate of drug-likeness (QED) is 0.149. The SMILES string of the molecule is CC[C@](C)(C(N)=O)N(Cc1ccccc1)C(=O)CN(CCc1ccccc1)C(=O)CNCCCNC(N)N. The van der Waals surface area contributed by atoms with Gasteiger partial charge in [0, 0.05) is 13.1 Å². The topological polar surface area (TPSA) is 160 Å². The molecule has 0 fully saturated rings. The van der Waals surface area contributed by atoms with Crippen molar-refractivity contribution < 1.29 is 14.4 Å². The van der Waals surface area contributed by atoms with E-state index in [1.165, 1.54) is 4.90 Å². The molecular weight excluding hydrogens is 482 g/mol. The number of nitrogens with two attached hydrogens (primary N) is 3. The number of primary amides is 1. The summed E-state index contributed by atoms with van der Waals surface area (Å²) in [5.41, 5.74) is 17.5. The highest BCUT2D eigenvalue weighted by Gasteiger charge is 2.39. The van der Waals surface area contributed by atoms with Crippen LogP contribution in [0.4, 0.5) is 0 Å². The van der Waals surface area contributed by atoms with Crippen LogP contribution in [0.25, 0.3) is 0 Å². The third-order valence-corrected chi connectivity index (χ3v) is 6.68. The molecule has 0 saturated heterocycles. The summed E-state index contributed by atoms with van der Waals surface area (Å²) in [6.07, 6.45) is 1.10. The Labute approximate surface area is 225 Å². The third kappa shape index (κ3) is 9.86. The second kappa shape index (κ2) is 15.8. The fourth-order valence-electron chi connectivity index (χ4n) is 4.04. The Hall–Kier alpha value is -3.31. The normalized spacial score (nSPS) is 12.7. The van der Waals surface area contributed by atoms with Gasteiger partial charge in [-0.25, -0.2) is 0 Å². The third-order valence-electron chi connectivity index (χ3n) is 6.68. The van der Waals surface area contributed by atoms with E-state index in [1.54, 1.807) is 11.8 Å². The fraction of sp³-hybridized carbons (Fsp3) is 0.464. The number of benzene rings is 2. The van der Waals surface area contributed by atoms with Crippen LogP contribution in [0, 0.1) is 0 Å². The van der Waals surface area contributed by atoms with Gasteiger partial charge in [0.1, 0.15) is 11.8 Å². The van der Waals surface area contributed by atoms with Gasteiger partial charge in [-0.3, -0.25) is 19.7 Å². The van der Waals surface area contributed by atoms with Gasteiger partial charge in [-0.2, -0.15) is 0 Å². The number of carbonyl (C=O) groups excluding carboxylic acids is 3. The summed E-state index contributed by atoms with van der Waals surface area (Å²) in [5.74, 6) is -1.12. The summed E-state index contributed by atoms with van der Waals surface area (Å²) in [6, 6.07) is 19.2. The molecule has 0 spiro atoms. The molecule has 0 aliphatic heterocycles. The Kier molecular flexibility index (Phi) is 12.9. The van der Waals surface area contributed by atoms with E-state index in [2.05, 4.69) is 10.6 Å². The first-order valence-electron chi connectivity index (χ1n) is 13.1. The van der Waals surface area contributed by atoms with Crippen LogP contribution in [-0.2, 0) is 27.3 Å². The molecule has 0 saturated carbocycles. The van der Waals surface area contributed by atoms with Gasteiger partial charge in [0.2, 0.25) is 17.7 Å². The van der Waals surface area contributed by atoms with Crippen LogP contribution >= 0.6 is 0 Å². The zero-order valence-corrected chi connectivity index (χ0v) is 22.6. The van der Waals surface area contributed by atoms with Gasteiger partial charge < -0.3 is 32.3 Å². The zero-order chi connectivity index (χ0) is 28.0. The maximum atomic E-state index is 13.7. The largest absolute Gasteiger partial charge is 0.368 e. The van der Waals surface area contributed by atoms with E-state index in [1.807, 2.05) is 67.6 Å². The number of carbonyl (C=O) groups is 3. The van der Waals surface area contributed by atoms with Gasteiger partial charge in [0.05, 0.1) is 13.1 Å². The van der Waals surface area contributed by atoms with Gasteiger partial charge in [-0.05, 0) is 50.4 Å². The molecule has 2 aromatic rings. The van der Waals surface area contributed by atoms with E-state index in [4.69, 9.17) is 17.2 Å². The highest BCUT2D eigenvalue weighted by atomic mass is 16.2. The van der Waals surface area contributed by atoms with E-state index < -0.39 is 17.7 Å². The Morgan fingerprint density at radius 3 is 2.08 bits per heavy atom.